The molecule has 2 rings (SSSR count). The topological polar surface area (TPSA) is 34.2 Å². The second kappa shape index (κ2) is 8.25. The van der Waals surface area contributed by atoms with Crippen molar-refractivity contribution >= 4 is 0 Å². The van der Waals surface area contributed by atoms with E-state index < -0.39 is 0 Å². The lowest BCUT2D eigenvalue weighted by Gasteiger charge is -2.31. The first kappa shape index (κ1) is 15.3. The molecule has 1 heterocycles. The number of aromatic nitrogens is 1. The van der Waals surface area contributed by atoms with Crippen molar-refractivity contribution in [2.24, 2.45) is 5.92 Å². The van der Waals surface area contributed by atoms with Gasteiger partial charge >= 0.3 is 0 Å². The van der Waals surface area contributed by atoms with Crippen molar-refractivity contribution in [2.45, 2.75) is 65.0 Å². The maximum absolute atomic E-state index is 6.34. The highest BCUT2D eigenvalue weighted by atomic mass is 16.5. The zero-order valence-electron chi connectivity index (χ0n) is 12.9. The second-order valence-electron chi connectivity index (χ2n) is 5.77. The summed E-state index contributed by atoms with van der Waals surface area (Å²) in [4.78, 5) is 4.24. The molecular formula is C17H28N2O. The molecule has 2 unspecified atom stereocenters. The van der Waals surface area contributed by atoms with Crippen molar-refractivity contribution in [1.82, 2.24) is 10.3 Å². The molecule has 1 fully saturated rings. The monoisotopic (exact) mass is 276 g/mol. The van der Waals surface area contributed by atoms with Gasteiger partial charge in [0.2, 0.25) is 0 Å². The van der Waals surface area contributed by atoms with Gasteiger partial charge in [-0.3, -0.25) is 4.98 Å². The van der Waals surface area contributed by atoms with Crippen molar-refractivity contribution in [3.05, 3.63) is 24.0 Å². The van der Waals surface area contributed by atoms with E-state index in [1.54, 1.807) is 0 Å². The molecule has 3 nitrogen and oxygen atoms in total. The van der Waals surface area contributed by atoms with Crippen molar-refractivity contribution in [2.75, 3.05) is 6.54 Å². The van der Waals surface area contributed by atoms with Crippen LogP contribution in [-0.4, -0.2) is 17.6 Å². The Morgan fingerprint density at radius 1 is 1.30 bits per heavy atom. The van der Waals surface area contributed by atoms with Gasteiger partial charge in [-0.05, 0) is 50.6 Å². The van der Waals surface area contributed by atoms with E-state index in [1.165, 1.54) is 37.7 Å². The van der Waals surface area contributed by atoms with E-state index in [9.17, 15) is 0 Å². The Labute approximate surface area is 123 Å². The first-order valence-corrected chi connectivity index (χ1v) is 8.15. The lowest BCUT2D eigenvalue weighted by atomic mass is 9.85. The molecule has 1 aromatic heterocycles. The third kappa shape index (κ3) is 4.20. The summed E-state index contributed by atoms with van der Waals surface area (Å²) in [7, 11) is 0. The van der Waals surface area contributed by atoms with Crippen LogP contribution in [0.5, 0.6) is 5.75 Å². The van der Waals surface area contributed by atoms with Gasteiger partial charge in [-0.25, -0.2) is 0 Å². The van der Waals surface area contributed by atoms with Crippen molar-refractivity contribution in [3.63, 3.8) is 0 Å². The van der Waals surface area contributed by atoms with E-state index in [0.717, 1.165) is 25.3 Å². The summed E-state index contributed by atoms with van der Waals surface area (Å²) in [5.74, 6) is 1.74. The molecule has 0 aromatic carbocycles. The van der Waals surface area contributed by atoms with E-state index in [-0.39, 0.29) is 0 Å². The van der Waals surface area contributed by atoms with Crippen LogP contribution in [0.25, 0.3) is 0 Å². The molecule has 0 aliphatic heterocycles. The van der Waals surface area contributed by atoms with Gasteiger partial charge < -0.3 is 10.1 Å². The van der Waals surface area contributed by atoms with Gasteiger partial charge in [-0.1, -0.05) is 20.3 Å². The number of rotatable bonds is 7. The quantitative estimate of drug-likeness (QED) is 0.766. The summed E-state index contributed by atoms with van der Waals surface area (Å²) >= 11 is 0. The molecule has 0 amide bonds. The fourth-order valence-corrected chi connectivity index (χ4v) is 3.02. The van der Waals surface area contributed by atoms with Gasteiger partial charge in [0.25, 0.3) is 0 Å². The first-order chi connectivity index (χ1) is 9.85. The molecule has 1 aromatic rings. The van der Waals surface area contributed by atoms with Crippen LogP contribution in [0, 0.1) is 5.92 Å². The predicted molar refractivity (Wildman–Crippen MR) is 82.9 cm³/mol. The molecule has 2 atom stereocenters. The van der Waals surface area contributed by atoms with Gasteiger partial charge in [0.1, 0.15) is 11.9 Å². The number of ether oxygens (including phenoxy) is 1. The van der Waals surface area contributed by atoms with Crippen molar-refractivity contribution in [3.8, 4) is 5.75 Å². The summed E-state index contributed by atoms with van der Waals surface area (Å²) < 4.78 is 6.34. The first-order valence-electron chi connectivity index (χ1n) is 8.15. The molecule has 1 saturated carbocycles. The smallest absolute Gasteiger partial charge is 0.127 e. The molecule has 1 aliphatic carbocycles. The Kier molecular flexibility index (Phi) is 6.31. The Balaban J connectivity index is 2.00. The van der Waals surface area contributed by atoms with Crippen LogP contribution in [-0.2, 0) is 6.54 Å². The molecule has 0 radical (unpaired) electrons. The van der Waals surface area contributed by atoms with E-state index in [1.807, 2.05) is 18.5 Å². The van der Waals surface area contributed by atoms with Crippen molar-refractivity contribution < 1.29 is 4.74 Å². The summed E-state index contributed by atoms with van der Waals surface area (Å²) in [6.07, 6.45) is 11.7. The zero-order valence-corrected chi connectivity index (χ0v) is 12.9. The van der Waals surface area contributed by atoms with Gasteiger partial charge in [0, 0.05) is 24.5 Å². The highest BCUT2D eigenvalue weighted by molar-refractivity contribution is 5.30. The van der Waals surface area contributed by atoms with Gasteiger partial charge in [0.15, 0.2) is 0 Å². The molecule has 1 aliphatic rings. The maximum atomic E-state index is 6.34. The summed E-state index contributed by atoms with van der Waals surface area (Å²) in [6, 6.07) is 2.02. The van der Waals surface area contributed by atoms with Crippen LogP contribution >= 0.6 is 0 Å². The maximum Gasteiger partial charge on any atom is 0.127 e. The number of pyridine rings is 1. The van der Waals surface area contributed by atoms with Crippen LogP contribution in [0.4, 0.5) is 0 Å². The minimum absolute atomic E-state index is 0.390. The molecule has 0 spiro atoms. The third-order valence-electron chi connectivity index (χ3n) is 4.24. The Bertz CT molecular complexity index is 394. The fraction of sp³-hybridized carbons (Fsp3) is 0.706. The van der Waals surface area contributed by atoms with Gasteiger partial charge in [0.05, 0.1) is 0 Å². The summed E-state index contributed by atoms with van der Waals surface area (Å²) in [5.41, 5.74) is 1.18. The van der Waals surface area contributed by atoms with Crippen LogP contribution in [0.2, 0.25) is 0 Å². The Morgan fingerprint density at radius 3 is 2.95 bits per heavy atom. The number of nitrogens with one attached hydrogen (secondary N) is 1. The average Bonchev–Trinajstić information content (AvgIpc) is 2.50. The van der Waals surface area contributed by atoms with E-state index >= 15 is 0 Å². The Morgan fingerprint density at radius 2 is 2.15 bits per heavy atom. The molecule has 1 N–H and O–H groups in total. The lowest BCUT2D eigenvalue weighted by molar-refractivity contribution is 0.0892. The number of nitrogens with zero attached hydrogens (tertiary/aromatic N) is 1. The molecule has 3 heteroatoms. The normalized spacial score (nSPS) is 22.7. The number of hydrogen-bond donors (Lipinski definition) is 1. The molecule has 112 valence electrons. The third-order valence-corrected chi connectivity index (χ3v) is 4.24. The van der Waals surface area contributed by atoms with Crippen LogP contribution in [0.15, 0.2) is 18.5 Å². The largest absolute Gasteiger partial charge is 0.490 e. The molecular weight excluding hydrogens is 248 g/mol. The highest BCUT2D eigenvalue weighted by Gasteiger charge is 2.25. The fourth-order valence-electron chi connectivity index (χ4n) is 3.02. The van der Waals surface area contributed by atoms with Crippen LogP contribution in [0.3, 0.4) is 0 Å². The van der Waals surface area contributed by atoms with Gasteiger partial charge in [-0.2, -0.15) is 0 Å². The molecule has 0 saturated heterocycles. The minimum atomic E-state index is 0.390. The Hall–Kier alpha value is -1.09. The SMILES string of the molecule is CCCNCc1cnccc1OC1CCCCC1CC. The van der Waals surface area contributed by atoms with Crippen LogP contribution in [0.1, 0.15) is 57.9 Å². The zero-order chi connectivity index (χ0) is 14.2. The standard InChI is InChI=1S/C17H28N2O/c1-3-10-18-12-15-13-19-11-9-17(15)20-16-8-6-5-7-14(16)4-2/h9,11,13-14,16,18H,3-8,10,12H2,1-2H3. The summed E-state index contributed by atoms with van der Waals surface area (Å²) in [5, 5.41) is 3.43. The number of hydrogen-bond acceptors (Lipinski definition) is 3. The second-order valence-corrected chi connectivity index (χ2v) is 5.77. The van der Waals surface area contributed by atoms with Gasteiger partial charge in [-0.15, -0.1) is 0 Å². The lowest BCUT2D eigenvalue weighted by Crippen LogP contribution is -2.30. The summed E-state index contributed by atoms with van der Waals surface area (Å²) in [6.45, 7) is 6.35. The molecule has 0 bridgehead atoms. The predicted octanol–water partition coefficient (Wildman–Crippen LogP) is 3.93. The highest BCUT2D eigenvalue weighted by Crippen LogP contribution is 2.31. The van der Waals surface area contributed by atoms with E-state index in [2.05, 4.69) is 24.1 Å². The molecule has 20 heavy (non-hydrogen) atoms. The van der Waals surface area contributed by atoms with E-state index in [4.69, 9.17) is 4.74 Å². The van der Waals surface area contributed by atoms with Crippen molar-refractivity contribution in [1.29, 1.82) is 0 Å². The average molecular weight is 276 g/mol. The van der Waals surface area contributed by atoms with E-state index in [0.29, 0.717) is 12.0 Å². The van der Waals surface area contributed by atoms with Crippen LogP contribution < -0.4 is 10.1 Å². The minimum Gasteiger partial charge on any atom is -0.490 e.